The topological polar surface area (TPSA) is 104 Å². The minimum Gasteiger partial charge on any atom is -0.444 e. The summed E-state index contributed by atoms with van der Waals surface area (Å²) in [5, 5.41) is 9.20. The number of carbonyl (C=O) groups is 1. The highest BCUT2D eigenvalue weighted by atomic mass is 16.3. The molecule has 0 bridgehead atoms. The Kier molecular flexibility index (Phi) is 7.34. The van der Waals surface area contributed by atoms with Crippen LogP contribution < -0.4 is 16.0 Å². The van der Waals surface area contributed by atoms with Crippen LogP contribution in [0.3, 0.4) is 0 Å². The van der Waals surface area contributed by atoms with Crippen LogP contribution in [0.2, 0.25) is 0 Å². The lowest BCUT2D eigenvalue weighted by molar-refractivity contribution is 0.0954. The summed E-state index contributed by atoms with van der Waals surface area (Å²) in [7, 11) is 0. The van der Waals surface area contributed by atoms with E-state index in [0.29, 0.717) is 37.0 Å². The third-order valence-electron chi connectivity index (χ3n) is 3.94. The largest absolute Gasteiger partial charge is 0.444 e. The van der Waals surface area contributed by atoms with E-state index in [4.69, 9.17) is 4.42 Å². The molecule has 0 saturated carbocycles. The second-order valence-corrected chi connectivity index (χ2v) is 6.13. The minimum absolute atomic E-state index is 0.155. The maximum Gasteiger partial charge on any atom is 0.252 e. The smallest absolute Gasteiger partial charge is 0.252 e. The molecule has 0 aliphatic heterocycles. The molecule has 0 saturated heterocycles. The minimum atomic E-state index is -0.155. The van der Waals surface area contributed by atoms with E-state index in [2.05, 4.69) is 30.9 Å². The van der Waals surface area contributed by atoms with Crippen LogP contribution in [0.1, 0.15) is 23.0 Å². The Bertz CT molecular complexity index is 925. The average molecular weight is 392 g/mol. The normalized spacial score (nSPS) is 11.1. The van der Waals surface area contributed by atoms with Gasteiger partial charge in [0.25, 0.3) is 5.91 Å². The van der Waals surface area contributed by atoms with Crippen molar-refractivity contribution in [3.8, 4) is 11.5 Å². The monoisotopic (exact) mass is 392 g/mol. The van der Waals surface area contributed by atoms with Crippen LogP contribution in [0.5, 0.6) is 0 Å². The molecule has 0 fully saturated rings. The van der Waals surface area contributed by atoms with Gasteiger partial charge in [0.1, 0.15) is 12.0 Å². The van der Waals surface area contributed by atoms with Crippen molar-refractivity contribution in [1.82, 2.24) is 25.9 Å². The fraction of sp³-hybridized carbons (Fsp3) is 0.238. The number of carbonyl (C=O) groups excluding carboxylic acids is 1. The fourth-order valence-electron chi connectivity index (χ4n) is 2.55. The van der Waals surface area contributed by atoms with E-state index < -0.39 is 0 Å². The molecular weight excluding hydrogens is 368 g/mol. The lowest BCUT2D eigenvalue weighted by Gasteiger charge is -2.11. The summed E-state index contributed by atoms with van der Waals surface area (Å²) in [4.78, 5) is 24.9. The molecule has 8 heteroatoms. The van der Waals surface area contributed by atoms with Crippen LogP contribution in [0.15, 0.2) is 70.5 Å². The van der Waals surface area contributed by atoms with Crippen LogP contribution in [0.25, 0.3) is 11.5 Å². The Balaban J connectivity index is 1.48. The zero-order valence-electron chi connectivity index (χ0n) is 16.3. The highest BCUT2D eigenvalue weighted by Crippen LogP contribution is 2.18. The first-order chi connectivity index (χ1) is 14.3. The van der Waals surface area contributed by atoms with E-state index in [-0.39, 0.29) is 5.91 Å². The summed E-state index contributed by atoms with van der Waals surface area (Å²) in [5.41, 5.74) is 2.20. The highest BCUT2D eigenvalue weighted by molar-refractivity contribution is 5.93. The van der Waals surface area contributed by atoms with Gasteiger partial charge in [-0.15, -0.1) is 0 Å². The van der Waals surface area contributed by atoms with Crippen LogP contribution in [-0.2, 0) is 6.54 Å². The molecule has 2 heterocycles. The lowest BCUT2D eigenvalue weighted by Crippen LogP contribution is -2.41. The number of rotatable bonds is 8. The van der Waals surface area contributed by atoms with E-state index in [0.717, 1.165) is 17.8 Å². The van der Waals surface area contributed by atoms with Crippen molar-refractivity contribution in [3.05, 3.63) is 72.4 Å². The second-order valence-electron chi connectivity index (χ2n) is 6.13. The van der Waals surface area contributed by atoms with Crippen LogP contribution in [0, 0.1) is 0 Å². The van der Waals surface area contributed by atoms with Crippen LogP contribution in [0.4, 0.5) is 0 Å². The summed E-state index contributed by atoms with van der Waals surface area (Å²) in [5.74, 6) is 1.07. The van der Waals surface area contributed by atoms with Gasteiger partial charge in [0, 0.05) is 37.6 Å². The van der Waals surface area contributed by atoms with Gasteiger partial charge in [-0.3, -0.25) is 9.78 Å². The SMILES string of the molecule is CCNC(=NCc1coc(-c2ccccc2)n1)NCCNC(=O)c1cccnc1. The molecule has 0 aliphatic rings. The van der Waals surface area contributed by atoms with Gasteiger partial charge in [-0.1, -0.05) is 18.2 Å². The molecule has 0 unspecified atom stereocenters. The van der Waals surface area contributed by atoms with Crippen molar-refractivity contribution in [2.24, 2.45) is 4.99 Å². The second kappa shape index (κ2) is 10.6. The molecule has 3 aromatic rings. The van der Waals surface area contributed by atoms with Gasteiger partial charge in [-0.2, -0.15) is 0 Å². The number of aliphatic imine (C=N–C) groups is 1. The maximum atomic E-state index is 12.0. The molecule has 0 spiro atoms. The number of hydrogen-bond donors (Lipinski definition) is 3. The van der Waals surface area contributed by atoms with Gasteiger partial charge in [-0.25, -0.2) is 9.98 Å². The molecule has 0 aliphatic carbocycles. The molecule has 0 atom stereocenters. The van der Waals surface area contributed by atoms with Crippen molar-refractivity contribution in [2.75, 3.05) is 19.6 Å². The summed E-state index contributed by atoms with van der Waals surface area (Å²) < 4.78 is 5.54. The number of hydrogen-bond acceptors (Lipinski definition) is 5. The molecule has 0 radical (unpaired) electrons. The Labute approximate surface area is 169 Å². The lowest BCUT2D eigenvalue weighted by atomic mass is 10.2. The summed E-state index contributed by atoms with van der Waals surface area (Å²) >= 11 is 0. The summed E-state index contributed by atoms with van der Waals surface area (Å²) in [6.07, 6.45) is 4.79. The van der Waals surface area contributed by atoms with E-state index in [1.165, 1.54) is 6.20 Å². The van der Waals surface area contributed by atoms with Crippen LogP contribution >= 0.6 is 0 Å². The van der Waals surface area contributed by atoms with E-state index in [1.807, 2.05) is 37.3 Å². The van der Waals surface area contributed by atoms with Gasteiger partial charge < -0.3 is 20.4 Å². The number of pyridine rings is 1. The van der Waals surface area contributed by atoms with Crippen molar-refractivity contribution in [3.63, 3.8) is 0 Å². The molecule has 3 N–H and O–H groups in total. The maximum absolute atomic E-state index is 12.0. The van der Waals surface area contributed by atoms with Crippen LogP contribution in [-0.4, -0.2) is 41.5 Å². The third-order valence-corrected chi connectivity index (χ3v) is 3.94. The Morgan fingerprint density at radius 2 is 1.90 bits per heavy atom. The predicted molar refractivity (Wildman–Crippen MR) is 111 cm³/mol. The van der Waals surface area contributed by atoms with Gasteiger partial charge in [-0.05, 0) is 31.2 Å². The van der Waals surface area contributed by atoms with Gasteiger partial charge in [0.15, 0.2) is 5.96 Å². The first-order valence-corrected chi connectivity index (χ1v) is 9.46. The standard InChI is InChI=1S/C21H24N6O2/c1-2-23-21(25-12-11-24-19(28)17-9-6-10-22-13-17)26-14-18-15-29-20(27-18)16-7-4-3-5-8-16/h3-10,13,15H,2,11-12,14H2,1H3,(H,24,28)(H2,23,25,26). The fourth-order valence-corrected chi connectivity index (χ4v) is 2.55. The van der Waals surface area contributed by atoms with Gasteiger partial charge in [0.05, 0.1) is 12.1 Å². The number of guanidine groups is 1. The van der Waals surface area contributed by atoms with Crippen molar-refractivity contribution < 1.29 is 9.21 Å². The number of nitrogens with zero attached hydrogens (tertiary/aromatic N) is 3. The molecule has 1 aromatic carbocycles. The number of benzene rings is 1. The average Bonchev–Trinajstić information content (AvgIpc) is 3.25. The van der Waals surface area contributed by atoms with Gasteiger partial charge >= 0.3 is 0 Å². The third kappa shape index (κ3) is 6.17. The molecule has 2 aromatic heterocycles. The number of amides is 1. The molecule has 8 nitrogen and oxygen atoms in total. The molecular formula is C21H24N6O2. The van der Waals surface area contributed by atoms with Crippen molar-refractivity contribution in [2.45, 2.75) is 13.5 Å². The Morgan fingerprint density at radius 1 is 1.07 bits per heavy atom. The first-order valence-electron chi connectivity index (χ1n) is 9.46. The highest BCUT2D eigenvalue weighted by Gasteiger charge is 2.07. The summed E-state index contributed by atoms with van der Waals surface area (Å²) in [6, 6.07) is 13.2. The van der Waals surface area contributed by atoms with E-state index in [1.54, 1.807) is 24.6 Å². The zero-order valence-corrected chi connectivity index (χ0v) is 16.3. The van der Waals surface area contributed by atoms with E-state index in [9.17, 15) is 4.79 Å². The number of oxazole rings is 1. The van der Waals surface area contributed by atoms with Crippen molar-refractivity contribution in [1.29, 1.82) is 0 Å². The van der Waals surface area contributed by atoms with E-state index >= 15 is 0 Å². The Morgan fingerprint density at radius 3 is 2.66 bits per heavy atom. The number of aromatic nitrogens is 2. The van der Waals surface area contributed by atoms with Gasteiger partial charge in [0.2, 0.25) is 5.89 Å². The van der Waals surface area contributed by atoms with Crippen molar-refractivity contribution >= 4 is 11.9 Å². The molecule has 29 heavy (non-hydrogen) atoms. The summed E-state index contributed by atoms with van der Waals surface area (Å²) in [6.45, 7) is 4.09. The Hall–Kier alpha value is -3.68. The molecule has 1 amide bonds. The molecule has 150 valence electrons. The number of nitrogens with one attached hydrogen (secondary N) is 3. The zero-order chi connectivity index (χ0) is 20.3. The predicted octanol–water partition coefficient (Wildman–Crippen LogP) is 2.22. The first kappa shape index (κ1) is 20.1. The molecule has 3 rings (SSSR count). The quantitative estimate of drug-likeness (QED) is 0.308.